The van der Waals surface area contributed by atoms with Gasteiger partial charge in [0, 0.05) is 31.7 Å². The first-order valence-electron chi connectivity index (χ1n) is 7.25. The molecule has 0 radical (unpaired) electrons. The van der Waals surface area contributed by atoms with E-state index in [1.165, 1.54) is 12.1 Å². The summed E-state index contributed by atoms with van der Waals surface area (Å²) < 4.78 is 12.9. The van der Waals surface area contributed by atoms with Crippen LogP contribution in [0.15, 0.2) is 24.3 Å². The van der Waals surface area contributed by atoms with Crippen molar-refractivity contribution >= 4 is 0 Å². The van der Waals surface area contributed by atoms with Crippen molar-refractivity contribution in [1.29, 1.82) is 0 Å². The smallest absolute Gasteiger partial charge is 0.123 e. The Balaban J connectivity index is 1.84. The van der Waals surface area contributed by atoms with E-state index in [2.05, 4.69) is 30.7 Å². The van der Waals surface area contributed by atoms with E-state index in [0.29, 0.717) is 6.42 Å². The molecule has 0 aromatic heterocycles. The summed E-state index contributed by atoms with van der Waals surface area (Å²) in [5, 5.41) is 10.2. The van der Waals surface area contributed by atoms with Crippen LogP contribution in [-0.4, -0.2) is 53.7 Å². The monoisotopic (exact) mass is 280 g/mol. The maximum absolute atomic E-state index is 12.9. The molecule has 1 fully saturated rings. The molecule has 1 aliphatic rings. The topological polar surface area (TPSA) is 26.7 Å². The summed E-state index contributed by atoms with van der Waals surface area (Å²) in [5.41, 5.74) is 0.971. The fraction of sp³-hybridized carbons (Fsp3) is 0.625. The second-order valence-electron chi connectivity index (χ2n) is 6.37. The Morgan fingerprint density at radius 2 is 1.90 bits per heavy atom. The molecule has 1 aromatic rings. The van der Waals surface area contributed by atoms with Crippen molar-refractivity contribution in [1.82, 2.24) is 9.80 Å². The van der Waals surface area contributed by atoms with E-state index < -0.39 is 6.10 Å². The van der Waals surface area contributed by atoms with E-state index in [0.717, 1.165) is 31.7 Å². The Morgan fingerprint density at radius 1 is 1.25 bits per heavy atom. The van der Waals surface area contributed by atoms with Crippen molar-refractivity contribution in [2.24, 2.45) is 0 Å². The van der Waals surface area contributed by atoms with Gasteiger partial charge in [-0.3, -0.25) is 4.90 Å². The minimum atomic E-state index is -0.515. The average molecular weight is 280 g/mol. The van der Waals surface area contributed by atoms with Crippen molar-refractivity contribution in [3.63, 3.8) is 0 Å². The molecule has 1 aromatic carbocycles. The Bertz CT molecular complexity index is 433. The normalized spacial score (nSPS) is 21.9. The number of likely N-dealkylation sites (N-methyl/N-ethyl adjacent to an activating group) is 1. The van der Waals surface area contributed by atoms with Crippen LogP contribution in [0, 0.1) is 5.82 Å². The second kappa shape index (κ2) is 6.20. The third kappa shape index (κ3) is 3.78. The molecule has 1 unspecified atom stereocenters. The first-order valence-corrected chi connectivity index (χ1v) is 7.25. The molecule has 1 saturated heterocycles. The van der Waals surface area contributed by atoms with Crippen molar-refractivity contribution in [3.05, 3.63) is 35.6 Å². The molecule has 1 aliphatic heterocycles. The van der Waals surface area contributed by atoms with Gasteiger partial charge in [-0.25, -0.2) is 4.39 Å². The van der Waals surface area contributed by atoms with Crippen LogP contribution >= 0.6 is 0 Å². The van der Waals surface area contributed by atoms with E-state index in [1.54, 1.807) is 12.1 Å². The van der Waals surface area contributed by atoms with Crippen LogP contribution in [0.3, 0.4) is 0 Å². The number of benzene rings is 1. The van der Waals surface area contributed by atoms with Gasteiger partial charge in [0.1, 0.15) is 5.82 Å². The van der Waals surface area contributed by atoms with Gasteiger partial charge in [0.25, 0.3) is 0 Å². The van der Waals surface area contributed by atoms with Crippen LogP contribution in [-0.2, 0) is 0 Å². The summed E-state index contributed by atoms with van der Waals surface area (Å²) in [7, 11) is 2.16. The number of aliphatic hydroxyl groups is 1. The predicted molar refractivity (Wildman–Crippen MR) is 79.1 cm³/mol. The van der Waals surface area contributed by atoms with Gasteiger partial charge in [-0.1, -0.05) is 12.1 Å². The molecule has 0 saturated carbocycles. The van der Waals surface area contributed by atoms with Crippen molar-refractivity contribution < 1.29 is 9.50 Å². The lowest BCUT2D eigenvalue weighted by Crippen LogP contribution is -2.57. The van der Waals surface area contributed by atoms with E-state index >= 15 is 0 Å². The van der Waals surface area contributed by atoms with Crippen molar-refractivity contribution in [2.75, 3.05) is 33.2 Å². The van der Waals surface area contributed by atoms with Gasteiger partial charge in [0.15, 0.2) is 0 Å². The highest BCUT2D eigenvalue weighted by molar-refractivity contribution is 5.18. The summed E-state index contributed by atoms with van der Waals surface area (Å²) in [6.07, 6.45) is 0.171. The number of hydrogen-bond donors (Lipinski definition) is 1. The van der Waals surface area contributed by atoms with Gasteiger partial charge in [0.05, 0.1) is 6.10 Å². The van der Waals surface area contributed by atoms with Crippen molar-refractivity contribution in [3.8, 4) is 0 Å². The molecular weight excluding hydrogens is 255 g/mol. The first-order chi connectivity index (χ1) is 9.38. The molecule has 0 amide bonds. The fourth-order valence-corrected chi connectivity index (χ4v) is 2.69. The van der Waals surface area contributed by atoms with Gasteiger partial charge in [-0.2, -0.15) is 0 Å². The minimum Gasteiger partial charge on any atom is -0.388 e. The molecule has 2 rings (SSSR count). The molecule has 1 atom stereocenters. The standard InChI is InChI=1S/C16H25FN2O/c1-16(2)12-19(11-10-18(16)3)9-8-15(20)13-4-6-14(17)7-5-13/h4-7,15,20H,8-12H2,1-3H3. The molecule has 1 heterocycles. The van der Waals surface area contributed by atoms with E-state index in [-0.39, 0.29) is 11.4 Å². The average Bonchev–Trinajstić information content (AvgIpc) is 2.40. The highest BCUT2D eigenvalue weighted by Gasteiger charge is 2.30. The van der Waals surface area contributed by atoms with Gasteiger partial charge in [-0.15, -0.1) is 0 Å². The van der Waals surface area contributed by atoms with E-state index in [9.17, 15) is 9.50 Å². The van der Waals surface area contributed by atoms with E-state index in [4.69, 9.17) is 0 Å². The molecule has 0 spiro atoms. The number of piperazine rings is 1. The van der Waals surface area contributed by atoms with Gasteiger partial charge in [0.2, 0.25) is 0 Å². The molecular formula is C16H25FN2O. The summed E-state index contributed by atoms with van der Waals surface area (Å²) >= 11 is 0. The zero-order chi connectivity index (χ0) is 14.8. The highest BCUT2D eigenvalue weighted by atomic mass is 19.1. The summed E-state index contributed by atoms with van der Waals surface area (Å²) in [4.78, 5) is 4.77. The lowest BCUT2D eigenvalue weighted by molar-refractivity contribution is 0.0313. The number of hydrogen-bond acceptors (Lipinski definition) is 3. The second-order valence-corrected chi connectivity index (χ2v) is 6.37. The quantitative estimate of drug-likeness (QED) is 0.916. The van der Waals surface area contributed by atoms with Crippen LogP contribution in [0.25, 0.3) is 0 Å². The SMILES string of the molecule is CN1CCN(CCC(O)c2ccc(F)cc2)CC1(C)C. The van der Waals surface area contributed by atoms with Crippen molar-refractivity contribution in [2.45, 2.75) is 31.9 Å². The maximum atomic E-state index is 12.9. The number of halogens is 1. The Morgan fingerprint density at radius 3 is 2.50 bits per heavy atom. The van der Waals surface area contributed by atoms with Crippen LogP contribution in [0.4, 0.5) is 4.39 Å². The van der Waals surface area contributed by atoms with Gasteiger partial charge < -0.3 is 10.0 Å². The zero-order valence-corrected chi connectivity index (χ0v) is 12.6. The number of nitrogens with zero attached hydrogens (tertiary/aromatic N) is 2. The lowest BCUT2D eigenvalue weighted by atomic mass is 9.99. The molecule has 1 N–H and O–H groups in total. The number of rotatable bonds is 4. The molecule has 0 bridgehead atoms. The maximum Gasteiger partial charge on any atom is 0.123 e. The molecule has 3 nitrogen and oxygen atoms in total. The van der Waals surface area contributed by atoms with E-state index in [1.807, 2.05) is 0 Å². The molecule has 0 aliphatic carbocycles. The Hall–Kier alpha value is -0.970. The Kier molecular flexibility index (Phi) is 4.78. The van der Waals surface area contributed by atoms with Crippen LogP contribution in [0.5, 0.6) is 0 Å². The highest BCUT2D eigenvalue weighted by Crippen LogP contribution is 2.21. The summed E-state index contributed by atoms with van der Waals surface area (Å²) in [6.45, 7) is 8.47. The minimum absolute atomic E-state index is 0.180. The van der Waals surface area contributed by atoms with Crippen LogP contribution in [0.2, 0.25) is 0 Å². The lowest BCUT2D eigenvalue weighted by Gasteiger charge is -2.45. The molecule has 20 heavy (non-hydrogen) atoms. The predicted octanol–water partition coefficient (Wildman–Crippen LogP) is 2.28. The third-order valence-corrected chi connectivity index (χ3v) is 4.37. The summed E-state index contributed by atoms with van der Waals surface area (Å²) in [5.74, 6) is -0.262. The van der Waals surface area contributed by atoms with Crippen LogP contribution in [0.1, 0.15) is 31.9 Å². The van der Waals surface area contributed by atoms with Gasteiger partial charge in [-0.05, 0) is 45.0 Å². The largest absolute Gasteiger partial charge is 0.388 e. The molecule has 112 valence electrons. The summed E-state index contributed by atoms with van der Waals surface area (Å²) in [6, 6.07) is 6.12. The zero-order valence-electron chi connectivity index (χ0n) is 12.6. The first kappa shape index (κ1) is 15.4. The Labute approximate surface area is 121 Å². The number of aliphatic hydroxyl groups excluding tert-OH is 1. The third-order valence-electron chi connectivity index (χ3n) is 4.37. The molecule has 4 heteroatoms. The fourth-order valence-electron chi connectivity index (χ4n) is 2.69. The van der Waals surface area contributed by atoms with Crippen LogP contribution < -0.4 is 0 Å². The van der Waals surface area contributed by atoms with Gasteiger partial charge >= 0.3 is 0 Å².